The summed E-state index contributed by atoms with van der Waals surface area (Å²) >= 11 is 0. The summed E-state index contributed by atoms with van der Waals surface area (Å²) in [5, 5.41) is 12.2. The van der Waals surface area contributed by atoms with Gasteiger partial charge in [-0.2, -0.15) is 0 Å². The normalized spacial score (nSPS) is 14.6. The Bertz CT molecular complexity index is 449. The highest BCUT2D eigenvalue weighted by Crippen LogP contribution is 2.25. The largest absolute Gasteiger partial charge is 0.493 e. The van der Waals surface area contributed by atoms with E-state index in [9.17, 15) is 9.90 Å². The molecule has 0 atom stereocenters. The molecule has 0 radical (unpaired) electrons. The molecule has 0 fully saturated rings. The van der Waals surface area contributed by atoms with Crippen molar-refractivity contribution < 1.29 is 14.6 Å². The van der Waals surface area contributed by atoms with Crippen LogP contribution in [0.25, 0.3) is 0 Å². The van der Waals surface area contributed by atoms with Gasteiger partial charge in [0.05, 0.1) is 6.61 Å². The second-order valence-electron chi connectivity index (χ2n) is 5.14. The highest BCUT2D eigenvalue weighted by atomic mass is 16.5. The SMILES string of the molecule is CC(C)(O)C(=O)NCc1ccc2c(c1)CCCO2. The number of nitrogens with one attached hydrogen (secondary N) is 1. The monoisotopic (exact) mass is 249 g/mol. The molecule has 18 heavy (non-hydrogen) atoms. The molecule has 98 valence electrons. The Morgan fingerprint density at radius 3 is 3.00 bits per heavy atom. The van der Waals surface area contributed by atoms with E-state index in [-0.39, 0.29) is 5.91 Å². The Morgan fingerprint density at radius 2 is 2.28 bits per heavy atom. The molecule has 0 saturated carbocycles. The quantitative estimate of drug-likeness (QED) is 0.851. The zero-order chi connectivity index (χ0) is 13.2. The fraction of sp³-hybridized carbons (Fsp3) is 0.500. The minimum atomic E-state index is -1.34. The molecule has 1 aromatic carbocycles. The van der Waals surface area contributed by atoms with Crippen molar-refractivity contribution in [2.45, 2.75) is 38.8 Å². The van der Waals surface area contributed by atoms with Crippen molar-refractivity contribution in [3.05, 3.63) is 29.3 Å². The van der Waals surface area contributed by atoms with Crippen LogP contribution in [0.5, 0.6) is 5.75 Å². The Labute approximate surface area is 107 Å². The van der Waals surface area contributed by atoms with E-state index in [1.807, 2.05) is 12.1 Å². The van der Waals surface area contributed by atoms with Gasteiger partial charge in [0.2, 0.25) is 0 Å². The highest BCUT2D eigenvalue weighted by Gasteiger charge is 2.23. The fourth-order valence-corrected chi connectivity index (χ4v) is 1.92. The summed E-state index contributed by atoms with van der Waals surface area (Å²) in [7, 11) is 0. The van der Waals surface area contributed by atoms with Gasteiger partial charge in [-0.05, 0) is 43.9 Å². The summed E-state index contributed by atoms with van der Waals surface area (Å²) in [4.78, 5) is 11.5. The number of benzene rings is 1. The number of carbonyl (C=O) groups excluding carboxylic acids is 1. The predicted molar refractivity (Wildman–Crippen MR) is 68.4 cm³/mol. The van der Waals surface area contributed by atoms with Crippen LogP contribution in [-0.2, 0) is 17.8 Å². The number of hydrogen-bond donors (Lipinski definition) is 2. The first-order valence-electron chi connectivity index (χ1n) is 6.22. The van der Waals surface area contributed by atoms with E-state index >= 15 is 0 Å². The molecule has 4 nitrogen and oxygen atoms in total. The van der Waals surface area contributed by atoms with E-state index in [1.165, 1.54) is 19.4 Å². The van der Waals surface area contributed by atoms with Gasteiger partial charge in [0.1, 0.15) is 11.4 Å². The predicted octanol–water partition coefficient (Wildman–Crippen LogP) is 1.40. The van der Waals surface area contributed by atoms with Crippen molar-refractivity contribution in [2.75, 3.05) is 6.61 Å². The van der Waals surface area contributed by atoms with E-state index in [1.54, 1.807) is 0 Å². The lowest BCUT2D eigenvalue weighted by atomic mass is 10.0. The third-order valence-corrected chi connectivity index (χ3v) is 2.98. The third-order valence-electron chi connectivity index (χ3n) is 2.98. The van der Waals surface area contributed by atoms with Gasteiger partial charge < -0.3 is 15.2 Å². The van der Waals surface area contributed by atoms with Gasteiger partial charge in [-0.25, -0.2) is 0 Å². The molecule has 0 aliphatic carbocycles. The van der Waals surface area contributed by atoms with Crippen LogP contribution in [0.1, 0.15) is 31.4 Å². The summed E-state index contributed by atoms with van der Waals surface area (Å²) in [6, 6.07) is 5.94. The standard InChI is InChI=1S/C14H19NO3/c1-14(2,17)13(16)15-9-10-5-6-12-11(8-10)4-3-7-18-12/h5-6,8,17H,3-4,7,9H2,1-2H3,(H,15,16). The van der Waals surface area contributed by atoms with Gasteiger partial charge in [0, 0.05) is 6.54 Å². The minimum Gasteiger partial charge on any atom is -0.493 e. The highest BCUT2D eigenvalue weighted by molar-refractivity contribution is 5.83. The number of fused-ring (bicyclic) bond motifs is 1. The van der Waals surface area contributed by atoms with Crippen molar-refractivity contribution >= 4 is 5.91 Å². The number of carbonyl (C=O) groups is 1. The average molecular weight is 249 g/mol. The van der Waals surface area contributed by atoms with Gasteiger partial charge in [-0.15, -0.1) is 0 Å². The van der Waals surface area contributed by atoms with Crippen molar-refractivity contribution in [3.63, 3.8) is 0 Å². The van der Waals surface area contributed by atoms with Gasteiger partial charge in [0.25, 0.3) is 5.91 Å². The number of hydrogen-bond acceptors (Lipinski definition) is 3. The Balaban J connectivity index is 2.00. The van der Waals surface area contributed by atoms with Crippen LogP contribution in [0, 0.1) is 0 Å². The lowest BCUT2D eigenvalue weighted by molar-refractivity contribution is -0.136. The third kappa shape index (κ3) is 3.01. The van der Waals surface area contributed by atoms with Gasteiger partial charge >= 0.3 is 0 Å². The van der Waals surface area contributed by atoms with E-state index in [0.717, 1.165) is 30.8 Å². The smallest absolute Gasteiger partial charge is 0.251 e. The maximum Gasteiger partial charge on any atom is 0.251 e. The minimum absolute atomic E-state index is 0.364. The summed E-state index contributed by atoms with van der Waals surface area (Å²) in [5.74, 6) is 0.579. The molecule has 1 amide bonds. The fourth-order valence-electron chi connectivity index (χ4n) is 1.92. The molecule has 4 heteroatoms. The molecule has 2 N–H and O–H groups in total. The van der Waals surface area contributed by atoms with Gasteiger partial charge in [-0.3, -0.25) is 4.79 Å². The molecule has 0 spiro atoms. The maximum absolute atomic E-state index is 11.5. The van der Waals surface area contributed by atoms with E-state index in [2.05, 4.69) is 11.4 Å². The molecule has 0 saturated heterocycles. The lowest BCUT2D eigenvalue weighted by Gasteiger charge is -2.19. The second kappa shape index (κ2) is 4.98. The van der Waals surface area contributed by atoms with Gasteiger partial charge in [0.15, 0.2) is 0 Å². The first-order valence-corrected chi connectivity index (χ1v) is 6.22. The molecule has 1 aliphatic heterocycles. The van der Waals surface area contributed by atoms with Crippen molar-refractivity contribution in [1.82, 2.24) is 5.32 Å². The first-order chi connectivity index (χ1) is 8.47. The summed E-state index contributed by atoms with van der Waals surface area (Å²) < 4.78 is 5.53. The van der Waals surface area contributed by atoms with Crippen LogP contribution >= 0.6 is 0 Å². The first kappa shape index (κ1) is 12.9. The van der Waals surface area contributed by atoms with Crippen molar-refractivity contribution in [1.29, 1.82) is 0 Å². The molecule has 0 unspecified atom stereocenters. The van der Waals surface area contributed by atoms with Crippen LogP contribution in [0.3, 0.4) is 0 Å². The number of ether oxygens (including phenoxy) is 1. The van der Waals surface area contributed by atoms with Crippen LogP contribution in [0.15, 0.2) is 18.2 Å². The van der Waals surface area contributed by atoms with Crippen molar-refractivity contribution in [3.8, 4) is 5.75 Å². The molecule has 1 aliphatic rings. The zero-order valence-electron chi connectivity index (χ0n) is 10.8. The molecule has 1 heterocycles. The maximum atomic E-state index is 11.5. The summed E-state index contributed by atoms with van der Waals surface area (Å²) in [6.07, 6.45) is 2.05. The number of aliphatic hydroxyl groups is 1. The molecular weight excluding hydrogens is 230 g/mol. The van der Waals surface area contributed by atoms with Crippen LogP contribution in [-0.4, -0.2) is 23.2 Å². The summed E-state index contributed by atoms with van der Waals surface area (Å²) in [5.41, 5.74) is 0.880. The number of amides is 1. The zero-order valence-corrected chi connectivity index (χ0v) is 10.8. The van der Waals surface area contributed by atoms with E-state index in [4.69, 9.17) is 4.74 Å². The molecule has 2 rings (SSSR count). The average Bonchev–Trinajstić information content (AvgIpc) is 2.34. The topological polar surface area (TPSA) is 58.6 Å². The molecule has 0 aromatic heterocycles. The molecule has 0 bridgehead atoms. The number of aryl methyl sites for hydroxylation is 1. The lowest BCUT2D eigenvalue weighted by Crippen LogP contribution is -2.41. The molecule has 1 aromatic rings. The Hall–Kier alpha value is -1.55. The second-order valence-corrected chi connectivity index (χ2v) is 5.14. The van der Waals surface area contributed by atoms with Crippen LogP contribution in [0.2, 0.25) is 0 Å². The van der Waals surface area contributed by atoms with Crippen molar-refractivity contribution in [2.24, 2.45) is 0 Å². The van der Waals surface area contributed by atoms with Gasteiger partial charge in [-0.1, -0.05) is 12.1 Å². The Kier molecular flexibility index (Phi) is 3.57. The van der Waals surface area contributed by atoms with E-state index < -0.39 is 5.60 Å². The van der Waals surface area contributed by atoms with E-state index in [0.29, 0.717) is 6.54 Å². The number of rotatable bonds is 3. The Morgan fingerprint density at radius 1 is 1.50 bits per heavy atom. The summed E-state index contributed by atoms with van der Waals surface area (Å²) in [6.45, 7) is 4.16. The molecular formula is C14H19NO3. The van der Waals surface area contributed by atoms with Crippen LogP contribution < -0.4 is 10.1 Å². The van der Waals surface area contributed by atoms with Crippen LogP contribution in [0.4, 0.5) is 0 Å².